The lowest BCUT2D eigenvalue weighted by molar-refractivity contribution is 0.0294. The quantitative estimate of drug-likeness (QED) is 0.885. The average molecular weight is 286 g/mol. The van der Waals surface area contributed by atoms with Crippen molar-refractivity contribution in [3.63, 3.8) is 0 Å². The van der Waals surface area contributed by atoms with Crippen molar-refractivity contribution in [1.82, 2.24) is 0 Å². The van der Waals surface area contributed by atoms with Gasteiger partial charge < -0.3 is 19.7 Å². The Bertz CT molecular complexity index is 666. The van der Waals surface area contributed by atoms with Gasteiger partial charge in [0.05, 0.1) is 6.10 Å². The first kappa shape index (κ1) is 13.8. The smallest absolute Gasteiger partial charge is 0.132 e. The van der Waals surface area contributed by atoms with Crippen molar-refractivity contribution < 1.29 is 19.7 Å². The summed E-state index contributed by atoms with van der Waals surface area (Å²) >= 11 is 0. The van der Waals surface area contributed by atoms with Crippen LogP contribution < -0.4 is 4.74 Å². The third kappa shape index (κ3) is 2.43. The van der Waals surface area contributed by atoms with Crippen molar-refractivity contribution in [2.75, 3.05) is 7.11 Å². The molecule has 1 unspecified atom stereocenters. The summed E-state index contributed by atoms with van der Waals surface area (Å²) in [5.74, 6) is 1.09. The molecule has 21 heavy (non-hydrogen) atoms. The molecule has 0 aliphatic carbocycles. The zero-order valence-electron chi connectivity index (χ0n) is 12.0. The third-order valence-corrected chi connectivity index (χ3v) is 3.97. The van der Waals surface area contributed by atoms with E-state index in [2.05, 4.69) is 0 Å². The van der Waals surface area contributed by atoms with Crippen LogP contribution in [0.4, 0.5) is 0 Å². The van der Waals surface area contributed by atoms with E-state index in [1.165, 1.54) is 0 Å². The highest BCUT2D eigenvalue weighted by Crippen LogP contribution is 2.46. The standard InChI is InChI=1S/C17H18O4/c1-10-14(19)7-6-13-16(20-2)9-15(21-17(10)13)11-4-3-5-12(18)8-11/h3-8,15-16,18-19H,9H2,1-2H3/t15-,16?/m1/s1. The summed E-state index contributed by atoms with van der Waals surface area (Å²) in [6.45, 7) is 1.83. The summed E-state index contributed by atoms with van der Waals surface area (Å²) in [6.07, 6.45) is 0.354. The number of phenolic OH excluding ortho intramolecular Hbond substituents is 2. The Labute approximate surface area is 123 Å². The molecule has 3 rings (SSSR count). The average Bonchev–Trinajstić information content (AvgIpc) is 2.50. The van der Waals surface area contributed by atoms with E-state index in [9.17, 15) is 10.2 Å². The lowest BCUT2D eigenvalue weighted by Gasteiger charge is -2.33. The molecule has 1 aliphatic heterocycles. The Kier molecular flexibility index (Phi) is 3.47. The van der Waals surface area contributed by atoms with Gasteiger partial charge in [-0.1, -0.05) is 12.1 Å². The van der Waals surface area contributed by atoms with Crippen molar-refractivity contribution in [3.8, 4) is 17.2 Å². The van der Waals surface area contributed by atoms with Crippen molar-refractivity contribution in [3.05, 3.63) is 53.1 Å². The molecule has 2 atom stereocenters. The third-order valence-electron chi connectivity index (χ3n) is 3.97. The molecule has 0 saturated carbocycles. The Morgan fingerprint density at radius 1 is 1.19 bits per heavy atom. The first-order chi connectivity index (χ1) is 10.1. The molecule has 0 aromatic heterocycles. The van der Waals surface area contributed by atoms with Crippen LogP contribution in [0.5, 0.6) is 17.2 Å². The maximum absolute atomic E-state index is 9.87. The number of ether oxygens (including phenoxy) is 2. The molecule has 1 aliphatic rings. The molecule has 2 aromatic carbocycles. The number of aromatic hydroxyl groups is 2. The lowest BCUT2D eigenvalue weighted by atomic mass is 9.93. The van der Waals surface area contributed by atoms with E-state index >= 15 is 0 Å². The van der Waals surface area contributed by atoms with Crippen LogP contribution in [0.15, 0.2) is 36.4 Å². The van der Waals surface area contributed by atoms with E-state index in [1.807, 2.05) is 19.1 Å². The van der Waals surface area contributed by atoms with Gasteiger partial charge in [-0.05, 0) is 36.8 Å². The van der Waals surface area contributed by atoms with Crippen LogP contribution in [-0.4, -0.2) is 17.3 Å². The van der Waals surface area contributed by atoms with Gasteiger partial charge in [0.25, 0.3) is 0 Å². The van der Waals surface area contributed by atoms with Gasteiger partial charge in [-0.2, -0.15) is 0 Å². The van der Waals surface area contributed by atoms with Crippen molar-refractivity contribution in [1.29, 1.82) is 0 Å². The number of phenols is 2. The zero-order chi connectivity index (χ0) is 15.0. The van der Waals surface area contributed by atoms with Crippen LogP contribution in [-0.2, 0) is 4.74 Å². The van der Waals surface area contributed by atoms with Crippen molar-refractivity contribution in [2.45, 2.75) is 25.6 Å². The van der Waals surface area contributed by atoms with Gasteiger partial charge in [-0.25, -0.2) is 0 Å². The number of benzene rings is 2. The van der Waals surface area contributed by atoms with Gasteiger partial charge in [0.1, 0.15) is 23.4 Å². The second-order valence-electron chi connectivity index (χ2n) is 5.29. The molecule has 0 saturated heterocycles. The minimum absolute atomic E-state index is 0.0969. The predicted octanol–water partition coefficient (Wildman–Crippen LogP) is 3.62. The molecule has 0 spiro atoms. The number of hydrogen-bond donors (Lipinski definition) is 2. The first-order valence-corrected chi connectivity index (χ1v) is 6.91. The van der Waals surface area contributed by atoms with Crippen LogP contribution in [0.1, 0.15) is 35.3 Å². The van der Waals surface area contributed by atoms with Crippen LogP contribution >= 0.6 is 0 Å². The Hall–Kier alpha value is -2.20. The van der Waals surface area contributed by atoms with E-state index in [0.29, 0.717) is 17.7 Å². The van der Waals surface area contributed by atoms with Crippen molar-refractivity contribution >= 4 is 0 Å². The van der Waals surface area contributed by atoms with E-state index in [4.69, 9.17) is 9.47 Å². The lowest BCUT2D eigenvalue weighted by Crippen LogP contribution is -2.21. The molecule has 110 valence electrons. The van der Waals surface area contributed by atoms with Gasteiger partial charge in [0, 0.05) is 24.7 Å². The molecule has 0 radical (unpaired) electrons. The minimum Gasteiger partial charge on any atom is -0.508 e. The molecule has 0 fully saturated rings. The molecule has 1 heterocycles. The molecule has 0 amide bonds. The second kappa shape index (κ2) is 5.30. The largest absolute Gasteiger partial charge is 0.508 e. The van der Waals surface area contributed by atoms with Gasteiger partial charge in [0.2, 0.25) is 0 Å². The van der Waals surface area contributed by atoms with Crippen LogP contribution in [0.25, 0.3) is 0 Å². The fourth-order valence-corrected chi connectivity index (χ4v) is 2.78. The maximum atomic E-state index is 9.87. The zero-order valence-corrected chi connectivity index (χ0v) is 12.0. The highest BCUT2D eigenvalue weighted by molar-refractivity contribution is 5.51. The van der Waals surface area contributed by atoms with Crippen LogP contribution in [0, 0.1) is 6.92 Å². The number of hydrogen-bond acceptors (Lipinski definition) is 4. The van der Waals surface area contributed by atoms with E-state index in [0.717, 1.165) is 11.1 Å². The minimum atomic E-state index is -0.213. The Morgan fingerprint density at radius 2 is 2.00 bits per heavy atom. The van der Waals surface area contributed by atoms with Crippen LogP contribution in [0.2, 0.25) is 0 Å². The van der Waals surface area contributed by atoms with Crippen molar-refractivity contribution in [2.24, 2.45) is 0 Å². The summed E-state index contributed by atoms with van der Waals surface area (Å²) in [6, 6.07) is 10.5. The SMILES string of the molecule is COC1C[C@H](c2cccc(O)c2)Oc2c1ccc(O)c2C. The summed E-state index contributed by atoms with van der Waals surface area (Å²) < 4.78 is 11.6. The molecule has 2 aromatic rings. The topological polar surface area (TPSA) is 58.9 Å². The highest BCUT2D eigenvalue weighted by Gasteiger charge is 2.31. The molecular weight excluding hydrogens is 268 g/mol. The fraction of sp³-hybridized carbons (Fsp3) is 0.294. The predicted molar refractivity (Wildman–Crippen MR) is 78.7 cm³/mol. The van der Waals surface area contributed by atoms with E-state index in [1.54, 1.807) is 31.4 Å². The summed E-state index contributed by atoms with van der Waals surface area (Å²) in [5, 5.41) is 19.5. The maximum Gasteiger partial charge on any atom is 0.132 e. The Morgan fingerprint density at radius 3 is 2.71 bits per heavy atom. The fourth-order valence-electron chi connectivity index (χ4n) is 2.78. The molecule has 4 heteroatoms. The number of methoxy groups -OCH3 is 1. The second-order valence-corrected chi connectivity index (χ2v) is 5.29. The number of rotatable bonds is 2. The van der Waals surface area contributed by atoms with Crippen LogP contribution in [0.3, 0.4) is 0 Å². The highest BCUT2D eigenvalue weighted by atomic mass is 16.5. The first-order valence-electron chi connectivity index (χ1n) is 6.91. The summed E-state index contributed by atoms with van der Waals surface area (Å²) in [4.78, 5) is 0. The summed E-state index contributed by atoms with van der Waals surface area (Å²) in [7, 11) is 1.67. The monoisotopic (exact) mass is 286 g/mol. The normalized spacial score (nSPS) is 20.7. The molecule has 2 N–H and O–H groups in total. The molecular formula is C17H18O4. The van der Waals surface area contributed by atoms with E-state index < -0.39 is 0 Å². The number of fused-ring (bicyclic) bond motifs is 1. The molecule has 4 nitrogen and oxygen atoms in total. The molecule has 0 bridgehead atoms. The van der Waals surface area contributed by atoms with Gasteiger partial charge in [-0.3, -0.25) is 0 Å². The van der Waals surface area contributed by atoms with E-state index in [-0.39, 0.29) is 23.7 Å². The summed E-state index contributed by atoms with van der Waals surface area (Å²) in [5.41, 5.74) is 2.55. The van der Waals surface area contributed by atoms with Gasteiger partial charge in [-0.15, -0.1) is 0 Å². The van der Waals surface area contributed by atoms with Gasteiger partial charge >= 0.3 is 0 Å². The van der Waals surface area contributed by atoms with Gasteiger partial charge in [0.15, 0.2) is 0 Å². The Balaban J connectivity index is 2.03.